The van der Waals surface area contributed by atoms with Crippen LogP contribution < -0.4 is 4.74 Å². The Morgan fingerprint density at radius 1 is 1.35 bits per heavy atom. The first-order valence-corrected chi connectivity index (χ1v) is 6.32. The fraction of sp³-hybridized carbons (Fsp3) is 0.400. The Labute approximate surface area is 129 Å². The fourth-order valence-electron chi connectivity index (χ4n) is 1.16. The van der Waals surface area contributed by atoms with Gasteiger partial charge in [0.15, 0.2) is 6.10 Å². The first-order chi connectivity index (χ1) is 9.25. The maximum Gasteiger partial charge on any atom is 0.350 e. The predicted molar refractivity (Wildman–Crippen MR) is 74.6 cm³/mol. The average molecular weight is 343 g/mol. The van der Waals surface area contributed by atoms with Gasteiger partial charge >= 0.3 is 6.17 Å². The van der Waals surface area contributed by atoms with Crippen molar-refractivity contribution in [2.24, 2.45) is 10.2 Å². The minimum absolute atomic E-state index is 0.328. The van der Waals surface area contributed by atoms with Gasteiger partial charge in [-0.3, -0.25) is 10.1 Å². The first kappa shape index (κ1) is 16.9. The van der Waals surface area contributed by atoms with E-state index in [9.17, 15) is 15.2 Å². The Hall–Kier alpha value is -1.15. The molecule has 7 nitrogen and oxygen atoms in total. The van der Waals surface area contributed by atoms with Crippen LogP contribution in [0.1, 0.15) is 0 Å². The maximum absolute atomic E-state index is 10.8. The van der Waals surface area contributed by atoms with Gasteiger partial charge in [0.2, 0.25) is 3.79 Å². The number of benzene rings is 1. The lowest BCUT2D eigenvalue weighted by Gasteiger charge is -2.18. The third kappa shape index (κ3) is 4.75. The summed E-state index contributed by atoms with van der Waals surface area (Å²) in [4.78, 5) is 9.92. The summed E-state index contributed by atoms with van der Waals surface area (Å²) in [5.41, 5.74) is 0.328. The summed E-state index contributed by atoms with van der Waals surface area (Å²) in [6.45, 7) is 0. The number of aliphatic hydroxyl groups excluding tert-OH is 1. The molecule has 2 atom stereocenters. The Bertz CT molecular complexity index is 490. The predicted octanol–water partition coefficient (Wildman–Crippen LogP) is 3.11. The van der Waals surface area contributed by atoms with Crippen LogP contribution in [0.3, 0.4) is 0 Å². The van der Waals surface area contributed by atoms with Crippen molar-refractivity contribution in [1.29, 1.82) is 0 Å². The Balaban J connectivity index is 2.89. The van der Waals surface area contributed by atoms with Crippen molar-refractivity contribution in [2.75, 3.05) is 7.11 Å². The minimum atomic E-state index is -2.24. The van der Waals surface area contributed by atoms with E-state index in [1.807, 2.05) is 0 Å². The van der Waals surface area contributed by atoms with Gasteiger partial charge in [0.25, 0.3) is 0 Å². The van der Waals surface area contributed by atoms with E-state index in [0.29, 0.717) is 11.4 Å². The van der Waals surface area contributed by atoms with Crippen LogP contribution in [-0.2, 0) is 0 Å². The summed E-state index contributed by atoms with van der Waals surface area (Å²) in [6.07, 6.45) is -3.81. The van der Waals surface area contributed by atoms with Crippen molar-refractivity contribution in [3.63, 3.8) is 0 Å². The van der Waals surface area contributed by atoms with E-state index in [4.69, 9.17) is 39.5 Å². The quantitative estimate of drug-likeness (QED) is 0.385. The number of rotatable bonds is 5. The van der Waals surface area contributed by atoms with Crippen LogP contribution in [0.5, 0.6) is 5.75 Å². The molecule has 1 aromatic rings. The standard InChI is InChI=1S/C10H10Cl3N3O4/c1-20-7-4-2-6(3-5-7)14-15-9(16(18)19)8(17)10(11,12)13/h2-5,8-9,17H,1H3. The van der Waals surface area contributed by atoms with Gasteiger partial charge in [-0.1, -0.05) is 34.8 Å². The van der Waals surface area contributed by atoms with E-state index < -0.39 is 21.0 Å². The van der Waals surface area contributed by atoms with E-state index in [1.165, 1.54) is 19.2 Å². The summed E-state index contributed by atoms with van der Waals surface area (Å²) >= 11 is 16.2. The third-order valence-corrected chi connectivity index (χ3v) is 2.87. The molecule has 0 spiro atoms. The molecule has 1 N–H and O–H groups in total. The zero-order valence-electron chi connectivity index (χ0n) is 10.1. The molecule has 0 aliphatic rings. The number of ether oxygens (including phenoxy) is 1. The van der Waals surface area contributed by atoms with E-state index in [1.54, 1.807) is 12.1 Å². The molecule has 0 amide bonds. The molecule has 0 saturated carbocycles. The largest absolute Gasteiger partial charge is 0.497 e. The SMILES string of the molecule is COc1ccc(N=NC(C(O)C(Cl)(Cl)Cl)[N+](=O)[O-])cc1. The zero-order valence-corrected chi connectivity index (χ0v) is 12.4. The molecule has 2 unspecified atom stereocenters. The van der Waals surface area contributed by atoms with Crippen LogP contribution in [0.25, 0.3) is 0 Å². The first-order valence-electron chi connectivity index (χ1n) is 5.19. The number of alkyl halides is 3. The normalized spacial score (nSPS) is 15.1. The molecular weight excluding hydrogens is 332 g/mol. The number of methoxy groups -OCH3 is 1. The molecule has 0 bridgehead atoms. The van der Waals surface area contributed by atoms with Crippen LogP contribution in [-0.4, -0.2) is 33.2 Å². The lowest BCUT2D eigenvalue weighted by atomic mass is 10.3. The fourth-order valence-corrected chi connectivity index (χ4v) is 1.50. The Morgan fingerprint density at radius 2 is 1.90 bits per heavy atom. The van der Waals surface area contributed by atoms with E-state index in [2.05, 4.69) is 10.2 Å². The molecule has 0 fully saturated rings. The van der Waals surface area contributed by atoms with Crippen LogP contribution >= 0.6 is 34.8 Å². The van der Waals surface area contributed by atoms with Crippen LogP contribution in [0.2, 0.25) is 0 Å². The highest BCUT2D eigenvalue weighted by Crippen LogP contribution is 2.33. The molecular formula is C10H10Cl3N3O4. The Kier molecular flexibility index (Phi) is 5.94. The highest BCUT2D eigenvalue weighted by Gasteiger charge is 2.44. The van der Waals surface area contributed by atoms with Gasteiger partial charge < -0.3 is 9.84 Å². The van der Waals surface area contributed by atoms with Crippen molar-refractivity contribution in [1.82, 2.24) is 0 Å². The van der Waals surface area contributed by atoms with E-state index in [0.717, 1.165) is 0 Å². The molecule has 1 rings (SSSR count). The Morgan fingerprint density at radius 3 is 2.30 bits per heavy atom. The second-order valence-electron chi connectivity index (χ2n) is 3.60. The van der Waals surface area contributed by atoms with Gasteiger partial charge in [0.1, 0.15) is 5.75 Å². The number of hydrogen-bond donors (Lipinski definition) is 1. The van der Waals surface area contributed by atoms with E-state index >= 15 is 0 Å². The molecule has 0 aliphatic heterocycles. The van der Waals surface area contributed by atoms with Crippen LogP contribution in [0, 0.1) is 10.1 Å². The van der Waals surface area contributed by atoms with Crippen LogP contribution in [0.15, 0.2) is 34.5 Å². The van der Waals surface area contributed by atoms with Gasteiger partial charge in [-0.2, -0.15) is 0 Å². The lowest BCUT2D eigenvalue weighted by molar-refractivity contribution is -0.533. The van der Waals surface area contributed by atoms with Crippen molar-refractivity contribution in [3.05, 3.63) is 34.4 Å². The third-order valence-electron chi connectivity index (χ3n) is 2.20. The number of aliphatic hydroxyl groups is 1. The number of nitro groups is 1. The smallest absolute Gasteiger partial charge is 0.350 e. The monoisotopic (exact) mass is 341 g/mol. The van der Waals surface area contributed by atoms with Crippen molar-refractivity contribution < 1.29 is 14.8 Å². The van der Waals surface area contributed by atoms with Gasteiger partial charge in [0, 0.05) is 0 Å². The summed E-state index contributed by atoms with van der Waals surface area (Å²) in [6, 6.07) is 6.25. The van der Waals surface area contributed by atoms with Gasteiger partial charge in [-0.15, -0.1) is 10.2 Å². The second kappa shape index (κ2) is 7.03. The number of halogens is 3. The second-order valence-corrected chi connectivity index (χ2v) is 5.97. The molecule has 0 saturated heterocycles. The zero-order chi connectivity index (χ0) is 15.3. The van der Waals surface area contributed by atoms with Crippen molar-refractivity contribution in [2.45, 2.75) is 16.1 Å². The van der Waals surface area contributed by atoms with E-state index in [-0.39, 0.29) is 0 Å². The topological polar surface area (TPSA) is 97.3 Å². The summed E-state index contributed by atoms with van der Waals surface area (Å²) in [5, 5.41) is 27.4. The number of azo groups is 1. The van der Waals surface area contributed by atoms with Gasteiger partial charge in [-0.05, 0) is 24.3 Å². The molecule has 1 aromatic carbocycles. The molecule has 110 valence electrons. The maximum atomic E-state index is 10.8. The summed E-state index contributed by atoms with van der Waals surface area (Å²) in [5.74, 6) is 0.594. The molecule has 0 heterocycles. The van der Waals surface area contributed by atoms with Crippen molar-refractivity contribution >= 4 is 40.5 Å². The highest BCUT2D eigenvalue weighted by atomic mass is 35.6. The molecule has 0 aliphatic carbocycles. The van der Waals surface area contributed by atoms with Crippen molar-refractivity contribution in [3.8, 4) is 5.75 Å². The van der Waals surface area contributed by atoms with Crippen LogP contribution in [0.4, 0.5) is 5.69 Å². The minimum Gasteiger partial charge on any atom is -0.497 e. The molecule has 0 radical (unpaired) electrons. The molecule has 10 heteroatoms. The number of hydrogen-bond acceptors (Lipinski definition) is 6. The molecule has 20 heavy (non-hydrogen) atoms. The summed E-state index contributed by atoms with van der Waals surface area (Å²) in [7, 11) is 1.50. The lowest BCUT2D eigenvalue weighted by Crippen LogP contribution is -2.41. The van der Waals surface area contributed by atoms with Gasteiger partial charge in [-0.25, -0.2) is 0 Å². The highest BCUT2D eigenvalue weighted by molar-refractivity contribution is 6.68. The number of nitrogens with zero attached hydrogens (tertiary/aromatic N) is 3. The summed E-state index contributed by atoms with van der Waals surface area (Å²) < 4.78 is 2.70. The average Bonchev–Trinajstić information content (AvgIpc) is 2.38. The molecule has 0 aromatic heterocycles. The van der Waals surface area contributed by atoms with Gasteiger partial charge in [0.05, 0.1) is 17.7 Å².